The van der Waals surface area contributed by atoms with Crippen LogP contribution in [0.2, 0.25) is 0 Å². The maximum atomic E-state index is 3.55. The highest BCUT2D eigenvalue weighted by molar-refractivity contribution is 7.12. The fraction of sp³-hybridized carbons (Fsp3) is 0.714. The normalized spacial score (nSPS) is 21.2. The van der Waals surface area contributed by atoms with Crippen molar-refractivity contribution in [2.45, 2.75) is 52.0 Å². The van der Waals surface area contributed by atoms with Gasteiger partial charge in [0.15, 0.2) is 0 Å². The molecule has 1 fully saturated rings. The predicted octanol–water partition coefficient (Wildman–Crippen LogP) is 4.15. The van der Waals surface area contributed by atoms with Crippen LogP contribution in [-0.2, 0) is 6.42 Å². The summed E-state index contributed by atoms with van der Waals surface area (Å²) in [7, 11) is 2.11. The Kier molecular flexibility index (Phi) is 3.70. The molecule has 90 valence electrons. The van der Waals surface area contributed by atoms with Gasteiger partial charge < -0.3 is 5.32 Å². The van der Waals surface area contributed by atoms with Crippen molar-refractivity contribution >= 4 is 11.3 Å². The molecule has 1 unspecified atom stereocenters. The second-order valence-corrected chi connectivity index (χ2v) is 6.44. The van der Waals surface area contributed by atoms with Crippen LogP contribution in [0.3, 0.4) is 0 Å². The molecule has 1 atom stereocenters. The molecule has 1 aliphatic rings. The summed E-state index contributed by atoms with van der Waals surface area (Å²) in [5.74, 6) is 0. The molecular formula is C14H23NS. The van der Waals surface area contributed by atoms with Crippen molar-refractivity contribution < 1.29 is 0 Å². The van der Waals surface area contributed by atoms with E-state index in [-0.39, 0.29) is 0 Å². The Hall–Kier alpha value is -0.340. The number of rotatable bonds is 4. The van der Waals surface area contributed by atoms with Gasteiger partial charge in [-0.3, -0.25) is 0 Å². The van der Waals surface area contributed by atoms with Crippen molar-refractivity contribution in [1.82, 2.24) is 5.32 Å². The van der Waals surface area contributed by atoms with Gasteiger partial charge in [0.25, 0.3) is 0 Å². The van der Waals surface area contributed by atoms with E-state index in [0.717, 1.165) is 6.42 Å². The molecule has 0 saturated heterocycles. The summed E-state index contributed by atoms with van der Waals surface area (Å²) in [6.07, 6.45) is 6.72. The first-order valence-electron chi connectivity index (χ1n) is 6.45. The highest BCUT2D eigenvalue weighted by Gasteiger charge is 2.37. The number of nitrogens with one attached hydrogen (secondary N) is 1. The van der Waals surface area contributed by atoms with Crippen molar-refractivity contribution in [3.8, 4) is 0 Å². The minimum atomic E-state index is 0.477. The lowest BCUT2D eigenvalue weighted by Gasteiger charge is -2.33. The van der Waals surface area contributed by atoms with Crippen LogP contribution in [0.15, 0.2) is 12.1 Å². The lowest BCUT2D eigenvalue weighted by atomic mass is 9.80. The summed E-state index contributed by atoms with van der Waals surface area (Å²) in [6, 6.07) is 5.18. The Morgan fingerprint density at radius 3 is 2.56 bits per heavy atom. The Bertz CT molecular complexity index is 336. The van der Waals surface area contributed by atoms with Crippen LogP contribution in [0.5, 0.6) is 0 Å². The van der Waals surface area contributed by atoms with Crippen molar-refractivity contribution in [1.29, 1.82) is 0 Å². The third-order valence-corrected chi connectivity index (χ3v) is 5.34. The third kappa shape index (κ3) is 2.18. The summed E-state index contributed by atoms with van der Waals surface area (Å²) < 4.78 is 0. The molecule has 1 saturated carbocycles. The molecule has 1 heterocycles. The maximum absolute atomic E-state index is 3.55. The predicted molar refractivity (Wildman–Crippen MR) is 72.1 cm³/mol. The van der Waals surface area contributed by atoms with Crippen molar-refractivity contribution in [3.63, 3.8) is 0 Å². The first-order chi connectivity index (χ1) is 7.69. The highest BCUT2D eigenvalue weighted by atomic mass is 32.1. The van der Waals surface area contributed by atoms with Crippen LogP contribution in [0.1, 0.15) is 55.3 Å². The number of thiophene rings is 1. The lowest BCUT2D eigenvalue weighted by Crippen LogP contribution is -2.31. The van der Waals surface area contributed by atoms with E-state index in [9.17, 15) is 0 Å². The Morgan fingerprint density at radius 2 is 2.06 bits per heavy atom. The summed E-state index contributed by atoms with van der Waals surface area (Å²) in [5.41, 5.74) is 0.477. The highest BCUT2D eigenvalue weighted by Crippen LogP contribution is 2.48. The standard InChI is InChI=1S/C14H23NS/c1-4-11-7-8-12(16-11)13(15-3)14(2)9-5-6-10-14/h7-8,13,15H,4-6,9-10H2,1-3H3. The Labute approximate surface area is 103 Å². The zero-order chi connectivity index (χ0) is 11.6. The Morgan fingerprint density at radius 1 is 1.38 bits per heavy atom. The van der Waals surface area contributed by atoms with Crippen molar-refractivity contribution in [2.24, 2.45) is 5.41 Å². The molecule has 1 N–H and O–H groups in total. The molecule has 0 amide bonds. The zero-order valence-corrected chi connectivity index (χ0v) is 11.5. The zero-order valence-electron chi connectivity index (χ0n) is 10.7. The van der Waals surface area contributed by atoms with Crippen LogP contribution >= 0.6 is 11.3 Å². The van der Waals surface area contributed by atoms with Gasteiger partial charge in [0.2, 0.25) is 0 Å². The molecule has 1 aromatic rings. The molecule has 1 aliphatic carbocycles. The van der Waals surface area contributed by atoms with Crippen LogP contribution in [0.25, 0.3) is 0 Å². The molecule has 0 bridgehead atoms. The van der Waals surface area contributed by atoms with Gasteiger partial charge in [0, 0.05) is 15.8 Å². The van der Waals surface area contributed by atoms with E-state index in [1.807, 2.05) is 11.3 Å². The van der Waals surface area contributed by atoms with Gasteiger partial charge in [0.1, 0.15) is 0 Å². The molecule has 16 heavy (non-hydrogen) atoms. The number of aryl methyl sites for hydroxylation is 1. The van der Waals surface area contributed by atoms with E-state index < -0.39 is 0 Å². The van der Waals surface area contributed by atoms with Gasteiger partial charge in [-0.2, -0.15) is 0 Å². The fourth-order valence-corrected chi connectivity index (χ4v) is 4.28. The fourth-order valence-electron chi connectivity index (χ4n) is 3.05. The first-order valence-corrected chi connectivity index (χ1v) is 7.27. The van der Waals surface area contributed by atoms with Gasteiger partial charge in [-0.05, 0) is 43.9 Å². The van der Waals surface area contributed by atoms with E-state index in [2.05, 4.69) is 38.3 Å². The van der Waals surface area contributed by atoms with E-state index in [4.69, 9.17) is 0 Å². The van der Waals surface area contributed by atoms with Gasteiger partial charge in [-0.15, -0.1) is 11.3 Å². The molecule has 0 radical (unpaired) electrons. The van der Waals surface area contributed by atoms with Crippen LogP contribution in [0.4, 0.5) is 0 Å². The van der Waals surface area contributed by atoms with Gasteiger partial charge in [0.05, 0.1) is 0 Å². The van der Waals surface area contributed by atoms with E-state index >= 15 is 0 Å². The average Bonchev–Trinajstić information content (AvgIpc) is 2.89. The largest absolute Gasteiger partial charge is 0.312 e. The second kappa shape index (κ2) is 4.89. The van der Waals surface area contributed by atoms with Crippen molar-refractivity contribution in [3.05, 3.63) is 21.9 Å². The third-order valence-electron chi connectivity index (χ3n) is 4.05. The first kappa shape index (κ1) is 12.1. The molecule has 0 aromatic carbocycles. The van der Waals surface area contributed by atoms with Crippen LogP contribution in [-0.4, -0.2) is 7.05 Å². The molecule has 0 aliphatic heterocycles. The minimum Gasteiger partial charge on any atom is -0.312 e. The number of hydrogen-bond donors (Lipinski definition) is 1. The Balaban J connectivity index is 2.21. The second-order valence-electron chi connectivity index (χ2n) is 5.24. The van der Waals surface area contributed by atoms with Gasteiger partial charge >= 0.3 is 0 Å². The summed E-state index contributed by atoms with van der Waals surface area (Å²) >= 11 is 1.99. The minimum absolute atomic E-state index is 0.477. The molecule has 1 aromatic heterocycles. The van der Waals surface area contributed by atoms with E-state index in [1.165, 1.54) is 35.4 Å². The van der Waals surface area contributed by atoms with Crippen LogP contribution < -0.4 is 5.32 Å². The quantitative estimate of drug-likeness (QED) is 0.829. The molecular weight excluding hydrogens is 214 g/mol. The maximum Gasteiger partial charge on any atom is 0.0466 e. The monoisotopic (exact) mass is 237 g/mol. The topological polar surface area (TPSA) is 12.0 Å². The smallest absolute Gasteiger partial charge is 0.0466 e. The number of hydrogen-bond acceptors (Lipinski definition) is 2. The average molecular weight is 237 g/mol. The molecule has 0 spiro atoms. The molecule has 2 heteroatoms. The summed E-state index contributed by atoms with van der Waals surface area (Å²) in [5, 5.41) is 3.55. The van der Waals surface area contributed by atoms with E-state index in [1.54, 1.807) is 0 Å². The SMILES string of the molecule is CCc1ccc(C(NC)C2(C)CCCC2)s1. The summed E-state index contributed by atoms with van der Waals surface area (Å²) in [4.78, 5) is 3.04. The van der Waals surface area contributed by atoms with Gasteiger partial charge in [-0.1, -0.05) is 26.7 Å². The van der Waals surface area contributed by atoms with Crippen LogP contribution in [0, 0.1) is 5.41 Å². The van der Waals surface area contributed by atoms with Crippen molar-refractivity contribution in [2.75, 3.05) is 7.05 Å². The molecule has 1 nitrogen and oxygen atoms in total. The van der Waals surface area contributed by atoms with Gasteiger partial charge in [-0.25, -0.2) is 0 Å². The van der Waals surface area contributed by atoms with E-state index in [0.29, 0.717) is 11.5 Å². The molecule has 2 rings (SSSR count). The summed E-state index contributed by atoms with van der Waals surface area (Å²) in [6.45, 7) is 4.69. The lowest BCUT2D eigenvalue weighted by molar-refractivity contribution is 0.237.